The predicted molar refractivity (Wildman–Crippen MR) is 81.5 cm³/mol. The summed E-state index contributed by atoms with van der Waals surface area (Å²) >= 11 is 0. The Bertz CT molecular complexity index is 916. The molecule has 0 bridgehead atoms. The van der Waals surface area contributed by atoms with Gasteiger partial charge in [0.1, 0.15) is 18.2 Å². The molecule has 0 fully saturated rings. The van der Waals surface area contributed by atoms with E-state index in [9.17, 15) is 14.0 Å². The Kier molecular flexibility index (Phi) is 4.20. The van der Waals surface area contributed by atoms with Gasteiger partial charge < -0.3 is 4.74 Å². The van der Waals surface area contributed by atoms with Gasteiger partial charge in [-0.15, -0.1) is 0 Å². The number of aryl methyl sites for hydroxylation is 1. The summed E-state index contributed by atoms with van der Waals surface area (Å²) in [5.74, 6) is -2.17. The molecule has 0 aliphatic heterocycles. The van der Waals surface area contributed by atoms with Crippen LogP contribution in [0.25, 0.3) is 5.69 Å². The molecule has 120 valence electrons. The van der Waals surface area contributed by atoms with E-state index in [1.807, 2.05) is 30.3 Å². The van der Waals surface area contributed by atoms with E-state index < -0.39 is 11.9 Å². The average Bonchev–Trinajstić information content (AvgIpc) is 2.90. The number of hydrogen-bond donors (Lipinski definition) is 0. The highest BCUT2D eigenvalue weighted by Crippen LogP contribution is 2.21. The van der Waals surface area contributed by atoms with Crippen LogP contribution in [0.1, 0.15) is 17.0 Å². The maximum absolute atomic E-state index is 13.6. The monoisotopic (exact) mass is 326 g/mol. The van der Waals surface area contributed by atoms with Gasteiger partial charge in [-0.1, -0.05) is 18.2 Å². The van der Waals surface area contributed by atoms with Crippen LogP contribution < -0.4 is 4.74 Å². The van der Waals surface area contributed by atoms with Gasteiger partial charge in [0, 0.05) is 0 Å². The fraction of sp³-hybridized carbons (Fsp3) is 0.118. The maximum Gasteiger partial charge on any atom is 0.257 e. The molecule has 0 spiro atoms. The van der Waals surface area contributed by atoms with Crippen LogP contribution in [0.5, 0.6) is 5.75 Å². The Labute approximate surface area is 136 Å². The summed E-state index contributed by atoms with van der Waals surface area (Å²) in [4.78, 5) is 3.07. The average molecular weight is 326 g/mol. The summed E-state index contributed by atoms with van der Waals surface area (Å²) in [6.07, 6.45) is 0. The lowest BCUT2D eigenvalue weighted by Gasteiger charge is -2.10. The molecule has 0 unspecified atom stereocenters. The Morgan fingerprint density at radius 3 is 2.58 bits per heavy atom. The van der Waals surface area contributed by atoms with Gasteiger partial charge in [-0.2, -0.15) is 24.1 Å². The summed E-state index contributed by atoms with van der Waals surface area (Å²) in [5, 5.41) is 13.7. The molecule has 0 aliphatic carbocycles. The standard InChI is InChI=1S/C17H12F2N4O/c1-11-13(9-20)14(23(22-11)12-5-3-2-4-6-12)10-24-15-7-8-16(18)21-17(15)19/h2-8H,10H2,1H3. The van der Waals surface area contributed by atoms with Crippen molar-refractivity contribution in [3.8, 4) is 17.5 Å². The summed E-state index contributed by atoms with van der Waals surface area (Å²) in [7, 11) is 0. The first-order chi connectivity index (χ1) is 11.6. The van der Waals surface area contributed by atoms with Crippen molar-refractivity contribution in [2.45, 2.75) is 13.5 Å². The zero-order valence-electron chi connectivity index (χ0n) is 12.7. The van der Waals surface area contributed by atoms with Gasteiger partial charge in [-0.3, -0.25) is 0 Å². The fourth-order valence-electron chi connectivity index (χ4n) is 2.29. The second-order valence-electron chi connectivity index (χ2n) is 4.98. The summed E-state index contributed by atoms with van der Waals surface area (Å²) in [6.45, 7) is 1.60. The van der Waals surface area contributed by atoms with Gasteiger partial charge in [0.2, 0.25) is 5.95 Å². The van der Waals surface area contributed by atoms with Gasteiger partial charge in [0.15, 0.2) is 5.75 Å². The van der Waals surface area contributed by atoms with Crippen molar-refractivity contribution in [3.63, 3.8) is 0 Å². The van der Waals surface area contributed by atoms with E-state index in [4.69, 9.17) is 4.74 Å². The highest BCUT2D eigenvalue weighted by Gasteiger charge is 2.18. The van der Waals surface area contributed by atoms with Gasteiger partial charge in [0.25, 0.3) is 5.95 Å². The number of halogens is 2. The van der Waals surface area contributed by atoms with Crippen molar-refractivity contribution in [1.82, 2.24) is 14.8 Å². The van der Waals surface area contributed by atoms with E-state index in [0.29, 0.717) is 17.0 Å². The lowest BCUT2D eigenvalue weighted by atomic mass is 10.2. The van der Waals surface area contributed by atoms with Gasteiger partial charge in [-0.05, 0) is 31.2 Å². The molecule has 7 heteroatoms. The van der Waals surface area contributed by atoms with Gasteiger partial charge in [-0.25, -0.2) is 4.68 Å². The first kappa shape index (κ1) is 15.6. The second kappa shape index (κ2) is 6.46. The first-order valence-electron chi connectivity index (χ1n) is 7.09. The molecular formula is C17H12F2N4O. The number of pyridine rings is 1. The SMILES string of the molecule is Cc1nn(-c2ccccc2)c(COc2ccc(F)nc2F)c1C#N. The van der Waals surface area contributed by atoms with E-state index in [0.717, 1.165) is 17.8 Å². The Morgan fingerprint density at radius 1 is 1.17 bits per heavy atom. The molecule has 2 heterocycles. The number of para-hydroxylation sites is 1. The van der Waals surface area contributed by atoms with Crippen LogP contribution in [0.2, 0.25) is 0 Å². The van der Waals surface area contributed by atoms with Crippen LogP contribution in [-0.4, -0.2) is 14.8 Å². The van der Waals surface area contributed by atoms with Crippen molar-refractivity contribution in [1.29, 1.82) is 5.26 Å². The minimum Gasteiger partial charge on any atom is -0.482 e. The second-order valence-corrected chi connectivity index (χ2v) is 4.98. The van der Waals surface area contributed by atoms with Crippen LogP contribution in [0, 0.1) is 30.2 Å². The molecule has 0 atom stereocenters. The van der Waals surface area contributed by atoms with E-state index in [-0.39, 0.29) is 12.4 Å². The number of rotatable bonds is 4. The maximum atomic E-state index is 13.6. The minimum absolute atomic E-state index is 0.108. The molecule has 1 aromatic carbocycles. The van der Waals surface area contributed by atoms with Crippen LogP contribution in [0.3, 0.4) is 0 Å². The molecule has 2 aromatic heterocycles. The van der Waals surface area contributed by atoms with Crippen molar-refractivity contribution in [3.05, 3.63) is 71.3 Å². The van der Waals surface area contributed by atoms with Crippen molar-refractivity contribution >= 4 is 0 Å². The quantitative estimate of drug-likeness (QED) is 0.690. The van der Waals surface area contributed by atoms with Gasteiger partial charge >= 0.3 is 0 Å². The molecule has 3 rings (SSSR count). The Morgan fingerprint density at radius 2 is 1.92 bits per heavy atom. The highest BCUT2D eigenvalue weighted by atomic mass is 19.1. The third-order valence-electron chi connectivity index (χ3n) is 3.41. The fourth-order valence-corrected chi connectivity index (χ4v) is 2.29. The molecule has 0 N–H and O–H groups in total. The van der Waals surface area contributed by atoms with Crippen molar-refractivity contribution in [2.75, 3.05) is 0 Å². The molecule has 5 nitrogen and oxygen atoms in total. The first-order valence-corrected chi connectivity index (χ1v) is 7.09. The highest BCUT2D eigenvalue weighted by molar-refractivity contribution is 5.43. The third kappa shape index (κ3) is 2.94. The number of aromatic nitrogens is 3. The van der Waals surface area contributed by atoms with Crippen LogP contribution in [0.4, 0.5) is 8.78 Å². The lowest BCUT2D eigenvalue weighted by Crippen LogP contribution is -2.08. The Hall–Kier alpha value is -3.27. The number of nitrogens with zero attached hydrogens (tertiary/aromatic N) is 4. The lowest BCUT2D eigenvalue weighted by molar-refractivity contribution is 0.276. The van der Waals surface area contributed by atoms with Crippen molar-refractivity contribution < 1.29 is 13.5 Å². The largest absolute Gasteiger partial charge is 0.482 e. The van der Waals surface area contributed by atoms with E-state index in [2.05, 4.69) is 16.2 Å². The number of benzene rings is 1. The van der Waals surface area contributed by atoms with E-state index in [1.54, 1.807) is 11.6 Å². The number of nitriles is 1. The van der Waals surface area contributed by atoms with Crippen molar-refractivity contribution in [2.24, 2.45) is 0 Å². The van der Waals surface area contributed by atoms with E-state index in [1.165, 1.54) is 0 Å². The minimum atomic E-state index is -1.05. The normalized spacial score (nSPS) is 10.4. The number of ether oxygens (including phenoxy) is 1. The summed E-state index contributed by atoms with van der Waals surface area (Å²) in [5.41, 5.74) is 2.12. The third-order valence-corrected chi connectivity index (χ3v) is 3.41. The summed E-state index contributed by atoms with van der Waals surface area (Å²) in [6, 6.07) is 13.4. The zero-order chi connectivity index (χ0) is 17.1. The van der Waals surface area contributed by atoms with E-state index >= 15 is 0 Å². The molecule has 0 saturated carbocycles. The molecule has 0 radical (unpaired) electrons. The molecule has 0 saturated heterocycles. The number of hydrogen-bond acceptors (Lipinski definition) is 4. The van der Waals surface area contributed by atoms with Crippen LogP contribution in [0.15, 0.2) is 42.5 Å². The molecule has 3 aromatic rings. The molecular weight excluding hydrogens is 314 g/mol. The summed E-state index contributed by atoms with van der Waals surface area (Å²) < 4.78 is 33.4. The Balaban J connectivity index is 1.96. The topological polar surface area (TPSA) is 63.7 Å². The van der Waals surface area contributed by atoms with Crippen LogP contribution >= 0.6 is 0 Å². The molecule has 24 heavy (non-hydrogen) atoms. The molecule has 0 amide bonds. The zero-order valence-corrected chi connectivity index (χ0v) is 12.7. The smallest absolute Gasteiger partial charge is 0.257 e. The van der Waals surface area contributed by atoms with Gasteiger partial charge in [0.05, 0.1) is 17.1 Å². The predicted octanol–water partition coefficient (Wildman–Crippen LogP) is 3.30. The molecule has 0 aliphatic rings. The van der Waals surface area contributed by atoms with Crippen LogP contribution in [-0.2, 0) is 6.61 Å².